The van der Waals surface area contributed by atoms with Crippen LogP contribution in [0.2, 0.25) is 0 Å². The molecule has 0 aliphatic carbocycles. The normalized spacial score (nSPS) is 13.3. The minimum Gasteiger partial charge on any atom is -0.394 e. The van der Waals surface area contributed by atoms with Gasteiger partial charge in [-0.25, -0.2) is 0 Å². The van der Waals surface area contributed by atoms with Gasteiger partial charge < -0.3 is 56.8 Å². The van der Waals surface area contributed by atoms with E-state index < -0.39 is 79.4 Å². The number of aliphatic hydroxyl groups is 6. The maximum atomic E-state index is 14.3. The standard InChI is InChI=1S/C31H35I6N5O12/c1-10(27(50)15-19(32)16(28(51)38-4-12(47)7-43)22(35)25(21(15)34)41-11(2)46)31(54)42(3)26-23(36)17(29(52)39-5-13(48)8-44)20(33)18(24(26)37)30(53)40-6-14(49)9-45/h10,12-14,43-45,47-49H,4-9H2,1-3H3,(H,38,51)(H,39,52)(H,40,53)(H,41,46). The first-order chi connectivity index (χ1) is 25.2. The molecule has 4 atom stereocenters. The van der Waals surface area contributed by atoms with E-state index in [9.17, 15) is 59.4 Å². The van der Waals surface area contributed by atoms with Crippen LogP contribution in [0.5, 0.6) is 0 Å². The number of carbonyl (C=O) groups excluding carboxylic acids is 6. The molecule has 298 valence electrons. The third-order valence-electron chi connectivity index (χ3n) is 7.40. The predicted octanol–water partition coefficient (Wildman–Crippen LogP) is 1.00. The minimum absolute atomic E-state index is 0.0208. The topological polar surface area (TPSA) is 275 Å². The maximum Gasteiger partial charge on any atom is 0.253 e. The Labute approximate surface area is 391 Å². The van der Waals surface area contributed by atoms with E-state index in [1.54, 1.807) is 45.2 Å². The van der Waals surface area contributed by atoms with E-state index in [2.05, 4.69) is 21.3 Å². The molecule has 23 heteroatoms. The number of Topliss-reactive ketones (excluding diaryl/α,β-unsaturated/α-hetero) is 1. The summed E-state index contributed by atoms with van der Waals surface area (Å²) in [5, 5.41) is 67.2. The molecule has 0 spiro atoms. The fourth-order valence-corrected chi connectivity index (χ4v) is 13.9. The molecule has 0 aromatic heterocycles. The van der Waals surface area contributed by atoms with E-state index in [0.29, 0.717) is 0 Å². The van der Waals surface area contributed by atoms with Crippen molar-refractivity contribution >= 4 is 182 Å². The first kappa shape index (κ1) is 49.7. The zero-order valence-corrected chi connectivity index (χ0v) is 41.3. The first-order valence-electron chi connectivity index (χ1n) is 15.4. The lowest BCUT2D eigenvalue weighted by molar-refractivity contribution is -0.120. The third-order valence-corrected chi connectivity index (χ3v) is 13.8. The monoisotopic (exact) mass is 1430 g/mol. The van der Waals surface area contributed by atoms with Crippen LogP contribution in [0.4, 0.5) is 11.4 Å². The predicted molar refractivity (Wildman–Crippen MR) is 247 cm³/mol. The van der Waals surface area contributed by atoms with Crippen LogP contribution in [0, 0.1) is 27.3 Å². The van der Waals surface area contributed by atoms with Crippen molar-refractivity contribution in [2.24, 2.45) is 5.92 Å². The minimum atomic E-state index is -1.45. The lowest BCUT2D eigenvalue weighted by Gasteiger charge is -2.27. The molecule has 0 heterocycles. The van der Waals surface area contributed by atoms with Crippen LogP contribution in [-0.2, 0) is 9.59 Å². The molecular weight excluding hydrogens is 1400 g/mol. The van der Waals surface area contributed by atoms with Gasteiger partial charge in [0.1, 0.15) is 0 Å². The number of nitrogens with one attached hydrogen (secondary N) is 4. The summed E-state index contributed by atoms with van der Waals surface area (Å²) in [5.74, 6) is -5.71. The van der Waals surface area contributed by atoms with Gasteiger partial charge in [0.05, 0.1) is 82.8 Å². The number of nitrogens with zero attached hydrogens (tertiary/aromatic N) is 1. The number of hydrogen-bond acceptors (Lipinski definition) is 12. The molecule has 10 N–H and O–H groups in total. The van der Waals surface area contributed by atoms with E-state index >= 15 is 0 Å². The number of ketones is 1. The fourth-order valence-electron chi connectivity index (χ4n) is 4.53. The summed E-state index contributed by atoms with van der Waals surface area (Å²) in [5.41, 5.74) is 0.000218. The molecular formula is C31H35I6N5O12. The van der Waals surface area contributed by atoms with Gasteiger partial charge in [0.2, 0.25) is 11.8 Å². The average molecular weight is 1430 g/mol. The highest BCUT2D eigenvalue weighted by molar-refractivity contribution is 14.1. The molecule has 0 aliphatic rings. The Hall–Kier alpha value is -0.400. The van der Waals surface area contributed by atoms with Crippen LogP contribution < -0.4 is 26.2 Å². The van der Waals surface area contributed by atoms with Crippen LogP contribution in [0.1, 0.15) is 55.3 Å². The van der Waals surface area contributed by atoms with E-state index in [4.69, 9.17) is 0 Å². The molecule has 17 nitrogen and oxygen atoms in total. The van der Waals surface area contributed by atoms with Crippen molar-refractivity contribution in [2.75, 3.05) is 56.7 Å². The van der Waals surface area contributed by atoms with Crippen LogP contribution >= 0.6 is 136 Å². The van der Waals surface area contributed by atoms with Crippen LogP contribution in [0.3, 0.4) is 0 Å². The van der Waals surface area contributed by atoms with E-state index in [1.165, 1.54) is 20.9 Å². The Morgan fingerprint density at radius 2 is 0.926 bits per heavy atom. The summed E-state index contributed by atoms with van der Waals surface area (Å²) in [6.45, 7) is -0.330. The van der Waals surface area contributed by atoms with Gasteiger partial charge in [0.25, 0.3) is 17.7 Å². The Morgan fingerprint density at radius 1 is 0.593 bits per heavy atom. The maximum absolute atomic E-state index is 14.3. The van der Waals surface area contributed by atoms with Crippen molar-refractivity contribution in [3.05, 3.63) is 43.7 Å². The van der Waals surface area contributed by atoms with Gasteiger partial charge in [0, 0.05) is 49.9 Å². The van der Waals surface area contributed by atoms with Gasteiger partial charge in [-0.05, 0) is 142 Å². The van der Waals surface area contributed by atoms with Gasteiger partial charge in [-0.3, -0.25) is 28.8 Å². The second kappa shape index (κ2) is 22.7. The zero-order valence-electron chi connectivity index (χ0n) is 28.4. The van der Waals surface area contributed by atoms with Crippen LogP contribution in [-0.4, -0.2) is 131 Å². The molecule has 4 unspecified atom stereocenters. The third kappa shape index (κ3) is 12.1. The number of anilines is 2. The summed E-state index contributed by atoms with van der Waals surface area (Å²) in [7, 11) is 1.34. The largest absolute Gasteiger partial charge is 0.394 e. The quantitative estimate of drug-likeness (QED) is 0.0604. The molecule has 0 bridgehead atoms. The molecule has 0 saturated heterocycles. The lowest BCUT2D eigenvalue weighted by Crippen LogP contribution is -2.40. The lowest BCUT2D eigenvalue weighted by atomic mass is 9.95. The molecule has 2 rings (SSSR count). The number of hydrogen-bond donors (Lipinski definition) is 10. The Kier molecular flexibility index (Phi) is 20.9. The first-order valence-corrected chi connectivity index (χ1v) is 21.9. The summed E-state index contributed by atoms with van der Waals surface area (Å²) in [6, 6.07) is 0. The van der Waals surface area contributed by atoms with E-state index in [-0.39, 0.29) is 74.7 Å². The molecule has 5 amide bonds. The molecule has 54 heavy (non-hydrogen) atoms. The van der Waals surface area contributed by atoms with Gasteiger partial charge in [-0.15, -0.1) is 0 Å². The highest BCUT2D eigenvalue weighted by atomic mass is 127. The van der Waals surface area contributed by atoms with Crippen LogP contribution in [0.25, 0.3) is 0 Å². The Balaban J connectivity index is 2.78. The Morgan fingerprint density at radius 3 is 1.28 bits per heavy atom. The van der Waals surface area contributed by atoms with Gasteiger partial charge in [-0.1, -0.05) is 0 Å². The number of carbonyl (C=O) groups is 6. The molecule has 0 fully saturated rings. The summed E-state index contributed by atoms with van der Waals surface area (Å²) < 4.78 is 1.18. The van der Waals surface area contributed by atoms with Gasteiger partial charge >= 0.3 is 0 Å². The van der Waals surface area contributed by atoms with Crippen molar-refractivity contribution in [2.45, 2.75) is 32.2 Å². The van der Waals surface area contributed by atoms with Gasteiger partial charge in [0.15, 0.2) is 5.78 Å². The second-order valence-electron chi connectivity index (χ2n) is 11.4. The van der Waals surface area contributed by atoms with Crippen molar-refractivity contribution in [1.29, 1.82) is 0 Å². The molecule has 0 aliphatic heterocycles. The summed E-state index contributed by atoms with van der Waals surface area (Å²) in [6.07, 6.45) is -3.84. The van der Waals surface area contributed by atoms with Crippen LogP contribution in [0.15, 0.2) is 0 Å². The highest BCUT2D eigenvalue weighted by Crippen LogP contribution is 2.40. The zero-order chi connectivity index (χ0) is 41.4. The van der Waals surface area contributed by atoms with Crippen molar-refractivity contribution in [3.8, 4) is 0 Å². The highest BCUT2D eigenvalue weighted by Gasteiger charge is 2.37. The number of halogens is 6. The average Bonchev–Trinajstić information content (AvgIpc) is 3.12. The molecule has 0 radical (unpaired) electrons. The van der Waals surface area contributed by atoms with Gasteiger partial charge in [-0.2, -0.15) is 0 Å². The van der Waals surface area contributed by atoms with Crippen molar-refractivity contribution in [1.82, 2.24) is 16.0 Å². The number of aliphatic hydroxyl groups excluding tert-OH is 6. The smallest absolute Gasteiger partial charge is 0.253 e. The number of rotatable bonds is 17. The second-order valence-corrected chi connectivity index (χ2v) is 17.9. The number of benzene rings is 2. The summed E-state index contributed by atoms with van der Waals surface area (Å²) >= 11 is 10.9. The molecule has 2 aromatic rings. The number of amides is 5. The summed E-state index contributed by atoms with van der Waals surface area (Å²) in [4.78, 5) is 82.3. The van der Waals surface area contributed by atoms with Crippen molar-refractivity contribution < 1.29 is 59.4 Å². The SMILES string of the molecule is CC(=O)Nc1c(I)c(C(=O)NCC(O)CO)c(I)c(C(=O)C(C)C(=O)N(C)c2c(I)c(C(=O)NCC(O)CO)c(I)c(C(=O)NCC(O)CO)c2I)c1I. The van der Waals surface area contributed by atoms with E-state index in [1.807, 2.05) is 90.4 Å². The fraction of sp³-hybridized carbons (Fsp3) is 0.419. The molecule has 2 aromatic carbocycles. The van der Waals surface area contributed by atoms with E-state index in [0.717, 1.165) is 4.90 Å². The van der Waals surface area contributed by atoms with Crippen molar-refractivity contribution in [3.63, 3.8) is 0 Å². The Bertz CT molecular complexity index is 1760. The molecule has 0 saturated carbocycles.